The third kappa shape index (κ3) is 1.74. The summed E-state index contributed by atoms with van der Waals surface area (Å²) in [7, 11) is 0. The molecule has 1 aromatic rings. The molecule has 0 spiro atoms. The highest BCUT2D eigenvalue weighted by atomic mass is 16.6. The van der Waals surface area contributed by atoms with E-state index in [9.17, 15) is 0 Å². The van der Waals surface area contributed by atoms with Gasteiger partial charge in [-0.1, -0.05) is 30.3 Å². The Bertz CT molecular complexity index is 283. The van der Waals surface area contributed by atoms with Crippen molar-refractivity contribution >= 4 is 0 Å². The molecule has 2 heteroatoms. The van der Waals surface area contributed by atoms with Gasteiger partial charge in [-0.25, -0.2) is 0 Å². The average Bonchev–Trinajstić information content (AvgIpc) is 2.80. The average molecular weight is 178 g/mol. The number of hydrogen-bond donors (Lipinski definition) is 1. The van der Waals surface area contributed by atoms with Gasteiger partial charge in [-0.15, -0.1) is 0 Å². The van der Waals surface area contributed by atoms with Crippen molar-refractivity contribution in [3.05, 3.63) is 35.9 Å². The number of rotatable bonds is 3. The van der Waals surface area contributed by atoms with Gasteiger partial charge >= 0.3 is 0 Å². The largest absolute Gasteiger partial charge is 0.393 e. The Morgan fingerprint density at radius 3 is 2.62 bits per heavy atom. The van der Waals surface area contributed by atoms with E-state index in [0.29, 0.717) is 0 Å². The van der Waals surface area contributed by atoms with Crippen LogP contribution in [0.25, 0.3) is 0 Å². The molecule has 0 unspecified atom stereocenters. The molecule has 2 nitrogen and oxygen atoms in total. The van der Waals surface area contributed by atoms with E-state index >= 15 is 0 Å². The van der Waals surface area contributed by atoms with E-state index in [1.807, 2.05) is 25.1 Å². The van der Waals surface area contributed by atoms with Crippen molar-refractivity contribution < 1.29 is 9.84 Å². The van der Waals surface area contributed by atoms with Crippen LogP contribution in [0.3, 0.4) is 0 Å². The molecule has 1 aromatic carbocycles. The SMILES string of the molecule is C[C@]1(CO)O[C@@H]1Cc1ccccc1. The lowest BCUT2D eigenvalue weighted by molar-refractivity contribution is 0.184. The minimum atomic E-state index is -0.282. The summed E-state index contributed by atoms with van der Waals surface area (Å²) < 4.78 is 5.41. The van der Waals surface area contributed by atoms with Crippen LogP contribution in [0.15, 0.2) is 30.3 Å². The van der Waals surface area contributed by atoms with Crippen LogP contribution in [0.4, 0.5) is 0 Å². The fourth-order valence-corrected chi connectivity index (χ4v) is 1.52. The topological polar surface area (TPSA) is 32.8 Å². The molecule has 2 rings (SSSR count). The van der Waals surface area contributed by atoms with Crippen molar-refractivity contribution in [1.82, 2.24) is 0 Å². The second-order valence-electron chi connectivity index (χ2n) is 3.77. The summed E-state index contributed by atoms with van der Waals surface area (Å²) >= 11 is 0. The van der Waals surface area contributed by atoms with Crippen LogP contribution in [0.1, 0.15) is 12.5 Å². The zero-order valence-corrected chi connectivity index (χ0v) is 7.73. The normalized spacial score (nSPS) is 31.7. The Kier molecular flexibility index (Phi) is 2.10. The molecule has 1 fully saturated rings. The maximum Gasteiger partial charge on any atom is 0.115 e. The third-order valence-electron chi connectivity index (χ3n) is 2.61. The monoisotopic (exact) mass is 178 g/mol. The summed E-state index contributed by atoms with van der Waals surface area (Å²) in [4.78, 5) is 0. The minimum absolute atomic E-state index is 0.116. The minimum Gasteiger partial charge on any atom is -0.393 e. The Morgan fingerprint density at radius 2 is 2.08 bits per heavy atom. The second-order valence-corrected chi connectivity index (χ2v) is 3.77. The third-order valence-corrected chi connectivity index (χ3v) is 2.61. The van der Waals surface area contributed by atoms with E-state index in [2.05, 4.69) is 12.1 Å². The molecular formula is C11H14O2. The Balaban J connectivity index is 1.95. The number of hydrogen-bond acceptors (Lipinski definition) is 2. The molecule has 70 valence electrons. The zero-order chi connectivity index (χ0) is 9.31. The lowest BCUT2D eigenvalue weighted by atomic mass is 10.0. The van der Waals surface area contributed by atoms with E-state index in [1.165, 1.54) is 5.56 Å². The van der Waals surface area contributed by atoms with Gasteiger partial charge in [0.15, 0.2) is 0 Å². The summed E-state index contributed by atoms with van der Waals surface area (Å²) in [6, 6.07) is 10.2. The molecule has 1 saturated heterocycles. The van der Waals surface area contributed by atoms with Crippen molar-refractivity contribution in [3.8, 4) is 0 Å². The van der Waals surface area contributed by atoms with Crippen molar-refractivity contribution in [1.29, 1.82) is 0 Å². The highest BCUT2D eigenvalue weighted by Gasteiger charge is 2.51. The number of ether oxygens (including phenoxy) is 1. The van der Waals surface area contributed by atoms with Crippen LogP contribution in [-0.2, 0) is 11.2 Å². The van der Waals surface area contributed by atoms with Crippen LogP contribution in [0.2, 0.25) is 0 Å². The first-order chi connectivity index (χ1) is 6.24. The summed E-state index contributed by atoms with van der Waals surface area (Å²) in [5, 5.41) is 8.99. The fraction of sp³-hybridized carbons (Fsp3) is 0.455. The van der Waals surface area contributed by atoms with Crippen molar-refractivity contribution in [3.63, 3.8) is 0 Å². The van der Waals surface area contributed by atoms with Crippen LogP contribution in [-0.4, -0.2) is 23.4 Å². The lowest BCUT2D eigenvalue weighted by Crippen LogP contribution is -2.16. The predicted molar refractivity (Wildman–Crippen MR) is 50.5 cm³/mol. The maximum atomic E-state index is 8.99. The van der Waals surface area contributed by atoms with E-state index < -0.39 is 0 Å². The van der Waals surface area contributed by atoms with Gasteiger partial charge in [0, 0.05) is 6.42 Å². The molecule has 2 atom stereocenters. The van der Waals surface area contributed by atoms with Crippen LogP contribution < -0.4 is 0 Å². The predicted octanol–water partition coefficient (Wildman–Crippen LogP) is 1.38. The first kappa shape index (κ1) is 8.73. The summed E-state index contributed by atoms with van der Waals surface area (Å²) in [6.45, 7) is 2.06. The lowest BCUT2D eigenvalue weighted by Gasteiger charge is -2.00. The number of benzene rings is 1. The zero-order valence-electron chi connectivity index (χ0n) is 7.73. The second kappa shape index (κ2) is 3.13. The molecule has 1 N–H and O–H groups in total. The summed E-state index contributed by atoms with van der Waals surface area (Å²) in [5.74, 6) is 0. The van der Waals surface area contributed by atoms with Gasteiger partial charge in [-0.2, -0.15) is 0 Å². The molecule has 0 radical (unpaired) electrons. The van der Waals surface area contributed by atoms with Gasteiger partial charge in [0.1, 0.15) is 5.60 Å². The fourth-order valence-electron chi connectivity index (χ4n) is 1.52. The van der Waals surface area contributed by atoms with Gasteiger partial charge in [-0.05, 0) is 12.5 Å². The first-order valence-corrected chi connectivity index (χ1v) is 4.57. The molecule has 0 amide bonds. The Labute approximate surface area is 78.2 Å². The van der Waals surface area contributed by atoms with Crippen molar-refractivity contribution in [2.45, 2.75) is 25.0 Å². The van der Waals surface area contributed by atoms with E-state index in [4.69, 9.17) is 9.84 Å². The van der Waals surface area contributed by atoms with Crippen molar-refractivity contribution in [2.24, 2.45) is 0 Å². The molecular weight excluding hydrogens is 164 g/mol. The molecule has 1 aliphatic rings. The Morgan fingerprint density at radius 1 is 1.38 bits per heavy atom. The van der Waals surface area contributed by atoms with Gasteiger partial charge in [0.2, 0.25) is 0 Å². The molecule has 0 aromatic heterocycles. The van der Waals surface area contributed by atoms with E-state index in [1.54, 1.807) is 0 Å². The van der Waals surface area contributed by atoms with Crippen LogP contribution in [0.5, 0.6) is 0 Å². The number of epoxide rings is 1. The van der Waals surface area contributed by atoms with Gasteiger partial charge < -0.3 is 9.84 Å². The highest BCUT2D eigenvalue weighted by molar-refractivity contribution is 5.18. The van der Waals surface area contributed by atoms with Crippen LogP contribution in [0, 0.1) is 0 Å². The molecule has 1 heterocycles. The standard InChI is InChI=1S/C11H14O2/c1-11(8-12)10(13-11)7-9-5-3-2-4-6-9/h2-6,10,12H,7-8H2,1H3/t10-,11-/m1/s1. The van der Waals surface area contributed by atoms with Gasteiger partial charge in [0.25, 0.3) is 0 Å². The molecule has 0 saturated carbocycles. The molecule has 13 heavy (non-hydrogen) atoms. The highest BCUT2D eigenvalue weighted by Crippen LogP contribution is 2.37. The molecule has 1 aliphatic heterocycles. The number of aliphatic hydroxyl groups excluding tert-OH is 1. The summed E-state index contributed by atoms with van der Waals surface area (Å²) in [6.07, 6.45) is 1.10. The van der Waals surface area contributed by atoms with Crippen molar-refractivity contribution in [2.75, 3.05) is 6.61 Å². The maximum absolute atomic E-state index is 8.99. The Hall–Kier alpha value is -0.860. The number of aliphatic hydroxyl groups is 1. The van der Waals surface area contributed by atoms with E-state index in [-0.39, 0.29) is 18.3 Å². The smallest absolute Gasteiger partial charge is 0.115 e. The van der Waals surface area contributed by atoms with Gasteiger partial charge in [-0.3, -0.25) is 0 Å². The van der Waals surface area contributed by atoms with Gasteiger partial charge in [0.05, 0.1) is 12.7 Å². The molecule has 0 aliphatic carbocycles. The quantitative estimate of drug-likeness (QED) is 0.709. The summed E-state index contributed by atoms with van der Waals surface area (Å²) in [5.41, 5.74) is 0.986. The van der Waals surface area contributed by atoms with E-state index in [0.717, 1.165) is 6.42 Å². The first-order valence-electron chi connectivity index (χ1n) is 4.57. The molecule has 0 bridgehead atoms. The van der Waals surface area contributed by atoms with Crippen LogP contribution >= 0.6 is 0 Å².